The SMILES string of the molecule is CC(=O)/C=C1\CC[C@H](C)O1. The van der Waals surface area contributed by atoms with Crippen LogP contribution in [0.1, 0.15) is 26.7 Å². The summed E-state index contributed by atoms with van der Waals surface area (Å²) in [5, 5.41) is 0. The predicted octanol–water partition coefficient (Wildman–Crippen LogP) is 1.66. The number of rotatable bonds is 1. The molecule has 0 amide bonds. The Morgan fingerprint density at radius 2 is 2.50 bits per heavy atom. The molecule has 1 fully saturated rings. The molecule has 0 aromatic rings. The summed E-state index contributed by atoms with van der Waals surface area (Å²) >= 11 is 0. The van der Waals surface area contributed by atoms with Gasteiger partial charge in [0.15, 0.2) is 5.78 Å². The molecule has 0 saturated carbocycles. The van der Waals surface area contributed by atoms with Crippen molar-refractivity contribution in [2.24, 2.45) is 0 Å². The topological polar surface area (TPSA) is 26.3 Å². The van der Waals surface area contributed by atoms with E-state index in [9.17, 15) is 4.79 Å². The third-order valence-electron chi connectivity index (χ3n) is 1.51. The van der Waals surface area contributed by atoms with E-state index < -0.39 is 0 Å². The Balaban J connectivity index is 2.51. The van der Waals surface area contributed by atoms with Crippen LogP contribution >= 0.6 is 0 Å². The van der Waals surface area contributed by atoms with E-state index in [4.69, 9.17) is 4.74 Å². The zero-order chi connectivity index (χ0) is 7.56. The first kappa shape index (κ1) is 7.32. The molecular weight excluding hydrogens is 128 g/mol. The molecule has 1 aliphatic heterocycles. The number of hydrogen-bond acceptors (Lipinski definition) is 2. The maximum absolute atomic E-state index is 10.6. The molecule has 0 aliphatic carbocycles. The molecule has 0 N–H and O–H groups in total. The average molecular weight is 140 g/mol. The van der Waals surface area contributed by atoms with Gasteiger partial charge in [-0.15, -0.1) is 0 Å². The van der Waals surface area contributed by atoms with Crippen LogP contribution in [-0.4, -0.2) is 11.9 Å². The number of allylic oxidation sites excluding steroid dienone is 2. The fourth-order valence-corrected chi connectivity index (χ4v) is 1.05. The largest absolute Gasteiger partial charge is 0.495 e. The highest BCUT2D eigenvalue weighted by molar-refractivity contribution is 5.87. The van der Waals surface area contributed by atoms with Crippen LogP contribution in [0, 0.1) is 0 Å². The Labute approximate surface area is 60.9 Å². The zero-order valence-electron chi connectivity index (χ0n) is 6.39. The van der Waals surface area contributed by atoms with E-state index >= 15 is 0 Å². The summed E-state index contributed by atoms with van der Waals surface area (Å²) in [5.74, 6) is 0.920. The summed E-state index contributed by atoms with van der Waals surface area (Å²) in [6, 6.07) is 0. The Hall–Kier alpha value is -0.790. The number of ether oxygens (including phenoxy) is 1. The van der Waals surface area contributed by atoms with E-state index in [0.717, 1.165) is 18.6 Å². The molecule has 0 unspecified atom stereocenters. The Morgan fingerprint density at radius 3 is 2.90 bits per heavy atom. The van der Waals surface area contributed by atoms with Crippen molar-refractivity contribution in [3.05, 3.63) is 11.8 Å². The van der Waals surface area contributed by atoms with Gasteiger partial charge in [0.1, 0.15) is 5.76 Å². The maximum atomic E-state index is 10.6. The molecule has 1 aliphatic rings. The molecule has 0 aromatic carbocycles. The highest BCUT2D eigenvalue weighted by Gasteiger charge is 2.15. The number of carbonyl (C=O) groups is 1. The second-order valence-electron chi connectivity index (χ2n) is 2.69. The minimum Gasteiger partial charge on any atom is -0.495 e. The lowest BCUT2D eigenvalue weighted by Gasteiger charge is -2.01. The van der Waals surface area contributed by atoms with Crippen molar-refractivity contribution >= 4 is 5.78 Å². The average Bonchev–Trinajstić information content (AvgIpc) is 2.13. The number of carbonyl (C=O) groups excluding carboxylic acids is 1. The van der Waals surface area contributed by atoms with Gasteiger partial charge in [-0.3, -0.25) is 4.79 Å². The molecule has 1 rings (SSSR count). The zero-order valence-corrected chi connectivity index (χ0v) is 6.39. The number of hydrogen-bond donors (Lipinski definition) is 0. The van der Waals surface area contributed by atoms with Crippen molar-refractivity contribution < 1.29 is 9.53 Å². The molecule has 56 valence electrons. The molecule has 0 aromatic heterocycles. The highest BCUT2D eigenvalue weighted by atomic mass is 16.5. The van der Waals surface area contributed by atoms with Gasteiger partial charge in [0.25, 0.3) is 0 Å². The van der Waals surface area contributed by atoms with Crippen LogP contribution in [0.15, 0.2) is 11.8 Å². The van der Waals surface area contributed by atoms with Gasteiger partial charge in [-0.25, -0.2) is 0 Å². The van der Waals surface area contributed by atoms with Crippen molar-refractivity contribution in [3.8, 4) is 0 Å². The third kappa shape index (κ3) is 1.87. The smallest absolute Gasteiger partial charge is 0.155 e. The van der Waals surface area contributed by atoms with E-state index in [1.54, 1.807) is 13.0 Å². The van der Waals surface area contributed by atoms with E-state index in [1.165, 1.54) is 0 Å². The van der Waals surface area contributed by atoms with Gasteiger partial charge < -0.3 is 4.74 Å². The summed E-state index contributed by atoms with van der Waals surface area (Å²) < 4.78 is 5.31. The molecule has 2 heteroatoms. The minimum atomic E-state index is 0.0732. The summed E-state index contributed by atoms with van der Waals surface area (Å²) in [7, 11) is 0. The first-order valence-corrected chi connectivity index (χ1v) is 3.56. The lowest BCUT2D eigenvalue weighted by atomic mass is 10.2. The van der Waals surface area contributed by atoms with E-state index in [1.807, 2.05) is 6.92 Å². The minimum absolute atomic E-state index is 0.0732. The molecule has 1 atom stereocenters. The van der Waals surface area contributed by atoms with Crippen LogP contribution < -0.4 is 0 Å². The fourth-order valence-electron chi connectivity index (χ4n) is 1.05. The summed E-state index contributed by atoms with van der Waals surface area (Å²) in [5.41, 5.74) is 0. The van der Waals surface area contributed by atoms with E-state index in [2.05, 4.69) is 0 Å². The third-order valence-corrected chi connectivity index (χ3v) is 1.51. The second-order valence-corrected chi connectivity index (χ2v) is 2.69. The van der Waals surface area contributed by atoms with Crippen molar-refractivity contribution in [2.45, 2.75) is 32.8 Å². The molecule has 10 heavy (non-hydrogen) atoms. The molecular formula is C8H12O2. The van der Waals surface area contributed by atoms with Crippen molar-refractivity contribution in [1.82, 2.24) is 0 Å². The van der Waals surface area contributed by atoms with Gasteiger partial charge in [-0.1, -0.05) is 0 Å². The first-order valence-electron chi connectivity index (χ1n) is 3.56. The maximum Gasteiger partial charge on any atom is 0.155 e. The van der Waals surface area contributed by atoms with Crippen LogP contribution in [0.2, 0.25) is 0 Å². The van der Waals surface area contributed by atoms with Crippen molar-refractivity contribution in [3.63, 3.8) is 0 Å². The molecule has 0 bridgehead atoms. The molecule has 0 spiro atoms. The van der Waals surface area contributed by atoms with Crippen molar-refractivity contribution in [1.29, 1.82) is 0 Å². The van der Waals surface area contributed by atoms with E-state index in [0.29, 0.717) is 6.10 Å². The van der Waals surface area contributed by atoms with Gasteiger partial charge in [-0.2, -0.15) is 0 Å². The van der Waals surface area contributed by atoms with Crippen LogP contribution in [0.5, 0.6) is 0 Å². The normalized spacial score (nSPS) is 28.6. The fraction of sp³-hybridized carbons (Fsp3) is 0.625. The van der Waals surface area contributed by atoms with Gasteiger partial charge in [-0.05, 0) is 20.3 Å². The van der Waals surface area contributed by atoms with Gasteiger partial charge in [0.05, 0.1) is 6.10 Å². The lowest BCUT2D eigenvalue weighted by molar-refractivity contribution is -0.112. The quantitative estimate of drug-likeness (QED) is 0.518. The van der Waals surface area contributed by atoms with Crippen molar-refractivity contribution in [2.75, 3.05) is 0 Å². The molecule has 2 nitrogen and oxygen atoms in total. The number of ketones is 1. The summed E-state index contributed by atoms with van der Waals surface area (Å²) in [4.78, 5) is 10.6. The van der Waals surface area contributed by atoms with Crippen LogP contribution in [0.4, 0.5) is 0 Å². The Kier molecular flexibility index (Phi) is 2.10. The standard InChI is InChI=1S/C8H12O2/c1-6(9)5-8-4-3-7(2)10-8/h5,7H,3-4H2,1-2H3/b8-5+/t7-/m0/s1. The van der Waals surface area contributed by atoms with Crippen LogP contribution in [-0.2, 0) is 9.53 Å². The van der Waals surface area contributed by atoms with Crippen LogP contribution in [0.25, 0.3) is 0 Å². The first-order chi connectivity index (χ1) is 4.68. The highest BCUT2D eigenvalue weighted by Crippen LogP contribution is 2.21. The lowest BCUT2D eigenvalue weighted by Crippen LogP contribution is -1.95. The summed E-state index contributed by atoms with van der Waals surface area (Å²) in [6.45, 7) is 3.56. The molecule has 1 saturated heterocycles. The molecule has 0 radical (unpaired) electrons. The van der Waals surface area contributed by atoms with Gasteiger partial charge >= 0.3 is 0 Å². The van der Waals surface area contributed by atoms with Crippen LogP contribution in [0.3, 0.4) is 0 Å². The van der Waals surface area contributed by atoms with Gasteiger partial charge in [0.2, 0.25) is 0 Å². The second kappa shape index (κ2) is 2.86. The van der Waals surface area contributed by atoms with E-state index in [-0.39, 0.29) is 5.78 Å². The van der Waals surface area contributed by atoms with Gasteiger partial charge in [0, 0.05) is 12.5 Å². The molecule has 1 heterocycles. The Morgan fingerprint density at radius 1 is 1.80 bits per heavy atom. The Bertz CT molecular complexity index is 170. The predicted molar refractivity (Wildman–Crippen MR) is 38.5 cm³/mol. The summed E-state index contributed by atoms with van der Waals surface area (Å²) in [6.07, 6.45) is 3.83. The monoisotopic (exact) mass is 140 g/mol.